The molecule has 0 bridgehead atoms. The van der Waals surface area contributed by atoms with Crippen molar-refractivity contribution in [3.63, 3.8) is 0 Å². The van der Waals surface area contributed by atoms with E-state index in [1.807, 2.05) is 13.8 Å². The Hall–Kier alpha value is -0.900. The van der Waals surface area contributed by atoms with Gasteiger partial charge in [-0.3, -0.25) is 0 Å². The molecule has 1 aromatic heterocycles. The van der Waals surface area contributed by atoms with E-state index in [4.69, 9.17) is 10.3 Å². The highest BCUT2D eigenvalue weighted by Gasteiger charge is 2.25. The molecule has 0 saturated carbocycles. The molecule has 0 spiro atoms. The molecule has 0 aliphatic heterocycles. The minimum Gasteiger partial charge on any atom is -0.339 e. The Balaban J connectivity index is 2.74. The van der Waals surface area contributed by atoms with E-state index in [1.54, 1.807) is 0 Å². The first-order chi connectivity index (χ1) is 7.10. The molecule has 1 rings (SSSR count). The largest absolute Gasteiger partial charge is 0.339 e. The molecule has 0 aromatic carbocycles. The average Bonchev–Trinajstić information content (AvgIpc) is 2.49. The Morgan fingerprint density at radius 1 is 1.25 bits per heavy atom. The van der Waals surface area contributed by atoms with E-state index >= 15 is 0 Å². The fourth-order valence-corrected chi connectivity index (χ4v) is 1.17. The number of hydrogen-bond acceptors (Lipinski definition) is 4. The highest BCUT2D eigenvalue weighted by atomic mass is 16.5. The van der Waals surface area contributed by atoms with Gasteiger partial charge in [0.15, 0.2) is 5.82 Å². The van der Waals surface area contributed by atoms with Crippen LogP contribution in [0.15, 0.2) is 4.52 Å². The number of hydrogen-bond donors (Lipinski definition) is 1. The van der Waals surface area contributed by atoms with Gasteiger partial charge in [0.2, 0.25) is 5.89 Å². The molecule has 0 saturated heterocycles. The van der Waals surface area contributed by atoms with Crippen molar-refractivity contribution in [1.82, 2.24) is 10.1 Å². The van der Waals surface area contributed by atoms with Crippen molar-refractivity contribution in [3.8, 4) is 0 Å². The lowest BCUT2D eigenvalue weighted by Crippen LogP contribution is -2.30. The second-order valence-electron chi connectivity index (χ2n) is 6.20. The van der Waals surface area contributed by atoms with Crippen molar-refractivity contribution >= 4 is 0 Å². The molecule has 0 amide bonds. The fourth-order valence-electron chi connectivity index (χ4n) is 1.17. The van der Waals surface area contributed by atoms with E-state index in [1.165, 1.54) is 0 Å². The van der Waals surface area contributed by atoms with Crippen LogP contribution < -0.4 is 5.73 Å². The second-order valence-corrected chi connectivity index (χ2v) is 6.20. The molecule has 0 aliphatic carbocycles. The van der Waals surface area contributed by atoms with Crippen LogP contribution in [-0.4, -0.2) is 10.1 Å². The normalized spacial score (nSPS) is 15.2. The smallest absolute Gasteiger partial charge is 0.227 e. The zero-order valence-electron chi connectivity index (χ0n) is 11.2. The van der Waals surface area contributed by atoms with Crippen LogP contribution in [0.1, 0.15) is 53.3 Å². The minimum atomic E-state index is -0.535. The molecule has 1 atom stereocenters. The van der Waals surface area contributed by atoms with Gasteiger partial charge in [-0.15, -0.1) is 0 Å². The molecule has 4 nitrogen and oxygen atoms in total. The summed E-state index contributed by atoms with van der Waals surface area (Å²) in [6, 6.07) is 0. The molecular formula is C12H23N3O. The zero-order valence-corrected chi connectivity index (χ0v) is 11.2. The topological polar surface area (TPSA) is 64.9 Å². The summed E-state index contributed by atoms with van der Waals surface area (Å²) in [5, 5.41) is 3.91. The van der Waals surface area contributed by atoms with E-state index in [-0.39, 0.29) is 5.41 Å². The first-order valence-electron chi connectivity index (χ1n) is 5.72. The van der Waals surface area contributed by atoms with E-state index in [2.05, 4.69) is 37.8 Å². The molecule has 0 radical (unpaired) electrons. The molecule has 4 heteroatoms. The first-order valence-corrected chi connectivity index (χ1v) is 5.72. The maximum absolute atomic E-state index is 5.90. The third kappa shape index (κ3) is 3.30. The van der Waals surface area contributed by atoms with Gasteiger partial charge in [0.05, 0.1) is 5.54 Å². The van der Waals surface area contributed by atoms with Crippen LogP contribution in [0.4, 0.5) is 0 Å². The molecule has 1 heterocycles. The summed E-state index contributed by atoms with van der Waals surface area (Å²) in [4.78, 5) is 4.33. The molecule has 2 N–H and O–H groups in total. The van der Waals surface area contributed by atoms with Crippen molar-refractivity contribution in [2.45, 2.75) is 53.5 Å². The maximum Gasteiger partial charge on any atom is 0.227 e. The van der Waals surface area contributed by atoms with Crippen LogP contribution >= 0.6 is 0 Å². The predicted octanol–water partition coefficient (Wildman–Crippen LogP) is 2.49. The van der Waals surface area contributed by atoms with Gasteiger partial charge >= 0.3 is 0 Å². The minimum absolute atomic E-state index is 0.243. The van der Waals surface area contributed by atoms with Gasteiger partial charge in [0.1, 0.15) is 0 Å². The maximum atomic E-state index is 5.90. The van der Waals surface area contributed by atoms with E-state index < -0.39 is 5.54 Å². The summed E-state index contributed by atoms with van der Waals surface area (Å²) < 4.78 is 5.22. The molecule has 0 fully saturated rings. The van der Waals surface area contributed by atoms with Crippen molar-refractivity contribution in [1.29, 1.82) is 0 Å². The molecule has 92 valence electrons. The van der Waals surface area contributed by atoms with Crippen LogP contribution in [-0.2, 0) is 12.0 Å². The Labute approximate surface area is 97.6 Å². The fraction of sp³-hybridized carbons (Fsp3) is 0.833. The zero-order chi connectivity index (χ0) is 12.6. The monoisotopic (exact) mass is 225 g/mol. The van der Waals surface area contributed by atoms with Gasteiger partial charge in [0.25, 0.3) is 0 Å². The molecule has 0 aliphatic rings. The van der Waals surface area contributed by atoms with E-state index in [0.717, 1.165) is 6.42 Å². The van der Waals surface area contributed by atoms with Gasteiger partial charge in [-0.2, -0.15) is 4.98 Å². The predicted molar refractivity (Wildman–Crippen MR) is 63.8 cm³/mol. The highest BCUT2D eigenvalue weighted by molar-refractivity contribution is 4.99. The van der Waals surface area contributed by atoms with Crippen molar-refractivity contribution in [2.24, 2.45) is 17.1 Å². The lowest BCUT2D eigenvalue weighted by atomic mass is 9.80. The number of nitrogens with two attached hydrogens (primary N) is 1. The Morgan fingerprint density at radius 3 is 2.19 bits per heavy atom. The van der Waals surface area contributed by atoms with Gasteiger partial charge in [0, 0.05) is 6.42 Å². The van der Waals surface area contributed by atoms with Gasteiger partial charge in [-0.25, -0.2) is 0 Å². The van der Waals surface area contributed by atoms with Crippen LogP contribution in [0.5, 0.6) is 0 Å². The van der Waals surface area contributed by atoms with Crippen LogP contribution in [0.2, 0.25) is 0 Å². The Bertz CT molecular complexity index is 344. The summed E-state index contributed by atoms with van der Waals surface area (Å²) in [6.07, 6.45) is 0.798. The third-order valence-corrected chi connectivity index (χ3v) is 3.00. The van der Waals surface area contributed by atoms with Crippen molar-refractivity contribution in [2.75, 3.05) is 0 Å². The van der Waals surface area contributed by atoms with Gasteiger partial charge in [-0.1, -0.05) is 32.9 Å². The molecule has 1 aromatic rings. The quantitative estimate of drug-likeness (QED) is 0.858. The first kappa shape index (κ1) is 13.2. The van der Waals surface area contributed by atoms with Gasteiger partial charge in [-0.05, 0) is 25.2 Å². The summed E-state index contributed by atoms with van der Waals surface area (Å²) >= 11 is 0. The second kappa shape index (κ2) is 4.17. The lowest BCUT2D eigenvalue weighted by Gasteiger charge is -2.25. The summed E-state index contributed by atoms with van der Waals surface area (Å²) in [6.45, 7) is 12.6. The third-order valence-electron chi connectivity index (χ3n) is 3.00. The summed E-state index contributed by atoms with van der Waals surface area (Å²) in [5.74, 6) is 1.74. The average molecular weight is 225 g/mol. The summed E-state index contributed by atoms with van der Waals surface area (Å²) in [7, 11) is 0. The van der Waals surface area contributed by atoms with Crippen LogP contribution in [0.25, 0.3) is 0 Å². The Kier molecular flexibility index (Phi) is 3.43. The van der Waals surface area contributed by atoms with Crippen molar-refractivity contribution < 1.29 is 4.52 Å². The lowest BCUT2D eigenvalue weighted by molar-refractivity contribution is 0.236. The van der Waals surface area contributed by atoms with Gasteiger partial charge < -0.3 is 10.3 Å². The summed E-state index contributed by atoms with van der Waals surface area (Å²) in [5.41, 5.74) is 5.61. The number of aromatic nitrogens is 2. The SMILES string of the molecule is CC(Cc1nc(C(C)(C)N)no1)C(C)(C)C. The van der Waals surface area contributed by atoms with E-state index in [0.29, 0.717) is 17.6 Å². The van der Waals surface area contributed by atoms with Crippen LogP contribution in [0, 0.1) is 11.3 Å². The standard InChI is InChI=1S/C12H23N3O/c1-8(11(2,3)4)7-9-14-10(15-16-9)12(5,6)13/h8H,7,13H2,1-6H3. The molecule has 1 unspecified atom stereocenters. The van der Waals surface area contributed by atoms with Crippen molar-refractivity contribution in [3.05, 3.63) is 11.7 Å². The number of rotatable bonds is 3. The molecular weight excluding hydrogens is 202 g/mol. The van der Waals surface area contributed by atoms with Crippen LogP contribution in [0.3, 0.4) is 0 Å². The highest BCUT2D eigenvalue weighted by Crippen LogP contribution is 2.28. The number of nitrogens with zero attached hydrogens (tertiary/aromatic N) is 2. The molecule has 16 heavy (non-hydrogen) atoms. The Morgan fingerprint density at radius 2 is 1.81 bits per heavy atom. The van der Waals surface area contributed by atoms with E-state index in [9.17, 15) is 0 Å².